The molecule has 0 radical (unpaired) electrons. The van der Waals surface area contributed by atoms with E-state index in [0.717, 1.165) is 0 Å². The minimum atomic E-state index is 0.436. The van der Waals surface area contributed by atoms with Crippen LogP contribution in [-0.2, 0) is 0 Å². The molecule has 1 atom stereocenters. The van der Waals surface area contributed by atoms with Gasteiger partial charge in [-0.2, -0.15) is 0 Å². The van der Waals surface area contributed by atoms with Gasteiger partial charge in [-0.25, -0.2) is 0 Å². The number of hydrogen-bond acceptors (Lipinski definition) is 0. The molecule has 0 nitrogen and oxygen atoms in total. The van der Waals surface area contributed by atoms with Crippen molar-refractivity contribution >= 4 is 31.9 Å². The van der Waals surface area contributed by atoms with Crippen molar-refractivity contribution in [1.82, 2.24) is 0 Å². The van der Waals surface area contributed by atoms with Crippen LogP contribution in [0.1, 0.15) is 54.1 Å². The van der Waals surface area contributed by atoms with Crippen molar-refractivity contribution in [1.29, 1.82) is 0 Å². The molecule has 0 N–H and O–H groups in total. The Morgan fingerprint density at radius 2 is 1.71 bits per heavy atom. The largest absolute Gasteiger partial charge is 0.0833 e. The normalized spacial score (nSPS) is 20.5. The number of halogens is 2. The lowest BCUT2D eigenvalue weighted by molar-refractivity contribution is 0.330. The number of benzene rings is 1. The zero-order valence-electron chi connectivity index (χ0n) is 10.8. The van der Waals surface area contributed by atoms with E-state index in [9.17, 15) is 0 Å². The van der Waals surface area contributed by atoms with Crippen molar-refractivity contribution in [2.45, 2.75) is 51.3 Å². The summed E-state index contributed by atoms with van der Waals surface area (Å²) in [5.74, 6) is 0. The maximum absolute atomic E-state index is 3.96. The van der Waals surface area contributed by atoms with Crippen LogP contribution in [0.25, 0.3) is 0 Å². The molecule has 1 aromatic carbocycles. The number of hydrogen-bond donors (Lipinski definition) is 0. The molecule has 2 rings (SSSR count). The fourth-order valence-electron chi connectivity index (χ4n) is 2.89. The van der Waals surface area contributed by atoms with Crippen LogP contribution in [0.15, 0.2) is 16.6 Å². The summed E-state index contributed by atoms with van der Waals surface area (Å²) in [4.78, 5) is 0.490. The Balaban J connectivity index is 2.36. The summed E-state index contributed by atoms with van der Waals surface area (Å²) >= 11 is 7.57. The molecule has 0 saturated heterocycles. The third kappa shape index (κ3) is 2.63. The highest BCUT2D eigenvalue weighted by Crippen LogP contribution is 2.52. The van der Waals surface area contributed by atoms with E-state index in [-0.39, 0.29) is 0 Å². The minimum Gasteiger partial charge on any atom is -0.0833 e. The van der Waals surface area contributed by atoms with E-state index in [0.29, 0.717) is 10.2 Å². The Kier molecular flexibility index (Phi) is 4.04. The molecule has 2 heteroatoms. The molecule has 17 heavy (non-hydrogen) atoms. The highest BCUT2D eigenvalue weighted by atomic mass is 79.9. The highest BCUT2D eigenvalue weighted by Gasteiger charge is 2.36. The summed E-state index contributed by atoms with van der Waals surface area (Å²) in [6.07, 6.45) is 5.45. The first kappa shape index (κ1) is 13.6. The van der Waals surface area contributed by atoms with E-state index in [2.05, 4.69) is 64.8 Å². The van der Waals surface area contributed by atoms with Crippen molar-refractivity contribution in [3.05, 3.63) is 33.3 Å². The van der Waals surface area contributed by atoms with Crippen molar-refractivity contribution < 1.29 is 0 Å². The first-order chi connectivity index (χ1) is 7.94. The Labute approximate surface area is 121 Å². The molecule has 1 aromatic rings. The number of alkyl halides is 1. The quantitative estimate of drug-likeness (QED) is 0.561. The molecule has 1 fully saturated rings. The van der Waals surface area contributed by atoms with Crippen LogP contribution >= 0.6 is 31.9 Å². The van der Waals surface area contributed by atoms with Gasteiger partial charge >= 0.3 is 0 Å². The summed E-state index contributed by atoms with van der Waals surface area (Å²) in [6.45, 7) is 6.81. The zero-order valence-corrected chi connectivity index (χ0v) is 14.0. The van der Waals surface area contributed by atoms with E-state index in [1.165, 1.54) is 46.8 Å². The maximum Gasteiger partial charge on any atom is 0.0451 e. The van der Waals surface area contributed by atoms with Crippen LogP contribution in [0, 0.1) is 19.3 Å². The summed E-state index contributed by atoms with van der Waals surface area (Å²) in [5, 5.41) is 0. The molecule has 1 saturated carbocycles. The zero-order chi connectivity index (χ0) is 12.6. The van der Waals surface area contributed by atoms with E-state index in [4.69, 9.17) is 0 Å². The van der Waals surface area contributed by atoms with Gasteiger partial charge in [0.25, 0.3) is 0 Å². The van der Waals surface area contributed by atoms with Crippen LogP contribution < -0.4 is 0 Å². The molecule has 0 amide bonds. The van der Waals surface area contributed by atoms with Gasteiger partial charge in [-0.15, -0.1) is 0 Å². The molecule has 1 aliphatic carbocycles. The first-order valence-electron chi connectivity index (χ1n) is 6.35. The average Bonchev–Trinajstić information content (AvgIpc) is 2.71. The molecule has 0 heterocycles. The standard InChI is InChI=1S/C15H20Br2/c1-10-9-13(16)11(2)8-12(10)14(17)15(3)6-4-5-7-15/h8-9,14H,4-7H2,1-3H3. The predicted molar refractivity (Wildman–Crippen MR) is 81.9 cm³/mol. The van der Waals surface area contributed by atoms with Gasteiger partial charge in [0.2, 0.25) is 0 Å². The van der Waals surface area contributed by atoms with Gasteiger partial charge in [-0.1, -0.05) is 57.7 Å². The molecule has 1 unspecified atom stereocenters. The fourth-order valence-corrected chi connectivity index (χ4v) is 4.30. The van der Waals surface area contributed by atoms with Gasteiger partial charge in [0, 0.05) is 9.30 Å². The van der Waals surface area contributed by atoms with E-state index < -0.39 is 0 Å². The highest BCUT2D eigenvalue weighted by molar-refractivity contribution is 9.10. The van der Waals surface area contributed by atoms with Crippen LogP contribution in [0.3, 0.4) is 0 Å². The van der Waals surface area contributed by atoms with E-state index in [1.807, 2.05) is 0 Å². The first-order valence-corrected chi connectivity index (χ1v) is 8.06. The molecule has 1 aliphatic rings. The lowest BCUT2D eigenvalue weighted by atomic mass is 9.80. The van der Waals surface area contributed by atoms with E-state index in [1.54, 1.807) is 0 Å². The third-order valence-corrected chi connectivity index (χ3v) is 6.63. The second-order valence-electron chi connectivity index (χ2n) is 5.68. The van der Waals surface area contributed by atoms with Gasteiger partial charge in [-0.3, -0.25) is 0 Å². The van der Waals surface area contributed by atoms with Crippen molar-refractivity contribution in [2.75, 3.05) is 0 Å². The van der Waals surface area contributed by atoms with E-state index >= 15 is 0 Å². The van der Waals surface area contributed by atoms with Crippen LogP contribution in [0.5, 0.6) is 0 Å². The Bertz CT molecular complexity index is 417. The maximum atomic E-state index is 3.96. The van der Waals surface area contributed by atoms with Gasteiger partial charge in [0.15, 0.2) is 0 Å². The fraction of sp³-hybridized carbons (Fsp3) is 0.600. The van der Waals surface area contributed by atoms with Crippen molar-refractivity contribution in [2.24, 2.45) is 5.41 Å². The summed E-state index contributed by atoms with van der Waals surface area (Å²) in [6, 6.07) is 4.58. The van der Waals surface area contributed by atoms with Gasteiger partial charge in [-0.05, 0) is 54.9 Å². The molecule has 94 valence electrons. The summed E-state index contributed by atoms with van der Waals surface area (Å²) in [7, 11) is 0. The Morgan fingerprint density at radius 1 is 1.12 bits per heavy atom. The molecule has 0 aliphatic heterocycles. The van der Waals surface area contributed by atoms with Gasteiger partial charge in [0.05, 0.1) is 0 Å². The topological polar surface area (TPSA) is 0 Å². The second kappa shape index (κ2) is 5.05. The monoisotopic (exact) mass is 358 g/mol. The minimum absolute atomic E-state index is 0.436. The lowest BCUT2D eigenvalue weighted by Crippen LogP contribution is -2.18. The van der Waals surface area contributed by atoms with Gasteiger partial charge < -0.3 is 0 Å². The summed E-state index contributed by atoms with van der Waals surface area (Å²) in [5.41, 5.74) is 4.62. The Morgan fingerprint density at radius 3 is 2.29 bits per heavy atom. The Hall–Kier alpha value is 0.180. The molecular weight excluding hydrogens is 340 g/mol. The summed E-state index contributed by atoms with van der Waals surface area (Å²) < 4.78 is 1.22. The average molecular weight is 360 g/mol. The van der Waals surface area contributed by atoms with Crippen LogP contribution in [0.2, 0.25) is 0 Å². The van der Waals surface area contributed by atoms with Gasteiger partial charge in [0.1, 0.15) is 0 Å². The molecular formula is C15H20Br2. The van der Waals surface area contributed by atoms with Crippen LogP contribution in [-0.4, -0.2) is 0 Å². The SMILES string of the molecule is Cc1cc(C(Br)C2(C)CCCC2)c(C)cc1Br. The third-order valence-electron chi connectivity index (χ3n) is 4.18. The lowest BCUT2D eigenvalue weighted by Gasteiger charge is -2.31. The number of aryl methyl sites for hydroxylation is 2. The molecule has 0 spiro atoms. The van der Waals surface area contributed by atoms with Crippen molar-refractivity contribution in [3.63, 3.8) is 0 Å². The van der Waals surface area contributed by atoms with Crippen molar-refractivity contribution in [3.8, 4) is 0 Å². The predicted octanol–water partition coefficient (Wildman–Crippen LogP) is 6.08. The smallest absolute Gasteiger partial charge is 0.0451 e. The molecule has 0 bridgehead atoms. The van der Waals surface area contributed by atoms with Crippen LogP contribution in [0.4, 0.5) is 0 Å². The molecule has 0 aromatic heterocycles. The number of rotatable bonds is 2. The second-order valence-corrected chi connectivity index (χ2v) is 7.45.